The van der Waals surface area contributed by atoms with Crippen molar-refractivity contribution in [1.82, 2.24) is 0 Å². The third-order valence-electron chi connectivity index (χ3n) is 1.68. The topological polar surface area (TPSA) is 9.23 Å². The molecular formula is C9H6F6O. The van der Waals surface area contributed by atoms with Gasteiger partial charge < -0.3 is 0 Å². The summed E-state index contributed by atoms with van der Waals surface area (Å²) < 4.78 is 74.5. The fourth-order valence-corrected chi connectivity index (χ4v) is 0.955. The Labute approximate surface area is 86.6 Å². The minimum Gasteiger partial charge on any atom is -0.287 e. The monoisotopic (exact) mass is 244 g/mol. The first-order valence-electron chi connectivity index (χ1n) is 4.05. The van der Waals surface area contributed by atoms with Gasteiger partial charge in [-0.25, -0.2) is 0 Å². The van der Waals surface area contributed by atoms with Crippen LogP contribution in [-0.4, -0.2) is 6.36 Å². The van der Waals surface area contributed by atoms with E-state index in [9.17, 15) is 26.3 Å². The third-order valence-corrected chi connectivity index (χ3v) is 1.68. The summed E-state index contributed by atoms with van der Waals surface area (Å²) in [5.41, 5.74) is -0.895. The molecular weight excluding hydrogens is 238 g/mol. The van der Waals surface area contributed by atoms with Crippen molar-refractivity contribution in [2.24, 2.45) is 0 Å². The molecule has 0 amide bonds. The number of hydrogen-bond donors (Lipinski definition) is 0. The SMILES string of the molecule is FC(F)(F)OCc1ccc(C(F)(F)F)cc1. The van der Waals surface area contributed by atoms with Gasteiger partial charge in [0.25, 0.3) is 0 Å². The van der Waals surface area contributed by atoms with Crippen molar-refractivity contribution in [1.29, 1.82) is 0 Å². The number of ether oxygens (including phenoxy) is 1. The largest absolute Gasteiger partial charge is 0.522 e. The fourth-order valence-electron chi connectivity index (χ4n) is 0.955. The van der Waals surface area contributed by atoms with Gasteiger partial charge in [0, 0.05) is 0 Å². The van der Waals surface area contributed by atoms with Gasteiger partial charge in [-0.05, 0) is 17.7 Å². The van der Waals surface area contributed by atoms with E-state index < -0.39 is 24.7 Å². The van der Waals surface area contributed by atoms with Crippen LogP contribution >= 0.6 is 0 Å². The Hall–Kier alpha value is -1.24. The van der Waals surface area contributed by atoms with Gasteiger partial charge in [-0.15, -0.1) is 13.2 Å². The molecule has 0 radical (unpaired) electrons. The molecule has 0 aromatic heterocycles. The summed E-state index contributed by atoms with van der Waals surface area (Å²) in [6.07, 6.45) is -9.29. The van der Waals surface area contributed by atoms with Gasteiger partial charge in [-0.3, -0.25) is 4.74 Å². The van der Waals surface area contributed by atoms with Crippen molar-refractivity contribution in [2.75, 3.05) is 0 Å². The van der Waals surface area contributed by atoms with E-state index in [4.69, 9.17) is 0 Å². The Morgan fingerprint density at radius 2 is 1.38 bits per heavy atom. The fraction of sp³-hybridized carbons (Fsp3) is 0.333. The summed E-state index contributed by atoms with van der Waals surface area (Å²) >= 11 is 0. The van der Waals surface area contributed by atoms with E-state index in [1.165, 1.54) is 0 Å². The van der Waals surface area contributed by atoms with Crippen LogP contribution in [0.2, 0.25) is 0 Å². The summed E-state index contributed by atoms with van der Waals surface area (Å²) in [4.78, 5) is 0. The molecule has 0 aliphatic heterocycles. The molecule has 0 heterocycles. The van der Waals surface area contributed by atoms with E-state index in [1.807, 2.05) is 0 Å². The predicted molar refractivity (Wildman–Crippen MR) is 42.3 cm³/mol. The number of hydrogen-bond acceptors (Lipinski definition) is 1. The van der Waals surface area contributed by atoms with Crippen LogP contribution in [0.25, 0.3) is 0 Å². The highest BCUT2D eigenvalue weighted by Crippen LogP contribution is 2.29. The lowest BCUT2D eigenvalue weighted by molar-refractivity contribution is -0.330. The molecule has 1 aromatic carbocycles. The maximum atomic E-state index is 12.1. The van der Waals surface area contributed by atoms with Crippen LogP contribution in [0.4, 0.5) is 26.3 Å². The lowest BCUT2D eigenvalue weighted by Crippen LogP contribution is -2.13. The van der Waals surface area contributed by atoms with Crippen molar-refractivity contribution < 1.29 is 31.1 Å². The van der Waals surface area contributed by atoms with Crippen LogP contribution in [0.1, 0.15) is 11.1 Å². The molecule has 7 heteroatoms. The number of halogens is 6. The maximum Gasteiger partial charge on any atom is 0.522 e. The van der Waals surface area contributed by atoms with Gasteiger partial charge >= 0.3 is 12.5 Å². The molecule has 0 N–H and O–H groups in total. The minimum atomic E-state index is -4.79. The number of alkyl halides is 6. The van der Waals surface area contributed by atoms with Gasteiger partial charge in [-0.2, -0.15) is 13.2 Å². The van der Waals surface area contributed by atoms with Crippen molar-refractivity contribution in [2.45, 2.75) is 19.1 Å². The maximum absolute atomic E-state index is 12.1. The quantitative estimate of drug-likeness (QED) is 0.720. The molecule has 16 heavy (non-hydrogen) atoms. The van der Waals surface area contributed by atoms with Crippen LogP contribution < -0.4 is 0 Å². The minimum absolute atomic E-state index is 0.0188. The second-order valence-electron chi connectivity index (χ2n) is 2.93. The van der Waals surface area contributed by atoms with Crippen molar-refractivity contribution in [3.05, 3.63) is 35.4 Å². The van der Waals surface area contributed by atoms with Crippen LogP contribution in [0.3, 0.4) is 0 Å². The Balaban J connectivity index is 2.66. The molecule has 0 saturated carbocycles. The zero-order valence-corrected chi connectivity index (χ0v) is 7.69. The first kappa shape index (κ1) is 12.8. The van der Waals surface area contributed by atoms with E-state index in [2.05, 4.69) is 4.74 Å². The first-order valence-corrected chi connectivity index (χ1v) is 4.05. The molecule has 90 valence electrons. The average molecular weight is 244 g/mol. The molecule has 0 saturated heterocycles. The zero-order chi connectivity index (χ0) is 12.4. The van der Waals surface area contributed by atoms with Gasteiger partial charge in [-0.1, -0.05) is 12.1 Å². The highest BCUT2D eigenvalue weighted by atomic mass is 19.4. The van der Waals surface area contributed by atoms with Gasteiger partial charge in [0.2, 0.25) is 0 Å². The van der Waals surface area contributed by atoms with Gasteiger partial charge in [0.15, 0.2) is 0 Å². The lowest BCUT2D eigenvalue weighted by atomic mass is 10.1. The Bertz CT molecular complexity index is 337. The summed E-state index contributed by atoms with van der Waals surface area (Å²) in [5, 5.41) is 0. The summed E-state index contributed by atoms with van der Waals surface area (Å²) in [5.74, 6) is 0. The molecule has 0 atom stereocenters. The molecule has 1 rings (SSSR count). The normalized spacial score (nSPS) is 12.9. The van der Waals surface area contributed by atoms with Crippen molar-refractivity contribution in [3.8, 4) is 0 Å². The Morgan fingerprint density at radius 3 is 1.75 bits per heavy atom. The van der Waals surface area contributed by atoms with Gasteiger partial charge in [0.05, 0.1) is 12.2 Å². The Morgan fingerprint density at radius 1 is 0.875 bits per heavy atom. The zero-order valence-electron chi connectivity index (χ0n) is 7.69. The summed E-state index contributed by atoms with van der Waals surface area (Å²) in [6, 6.07) is 3.28. The van der Waals surface area contributed by atoms with Crippen LogP contribution in [0, 0.1) is 0 Å². The summed E-state index contributed by atoms with van der Waals surface area (Å²) in [7, 11) is 0. The smallest absolute Gasteiger partial charge is 0.287 e. The second kappa shape index (κ2) is 4.32. The van der Waals surface area contributed by atoms with Crippen LogP contribution in [0.15, 0.2) is 24.3 Å². The standard InChI is InChI=1S/C9H6F6O/c10-8(11,12)7-3-1-6(2-4-7)5-16-9(13,14)15/h1-4H,5H2. The first-order chi connectivity index (χ1) is 7.18. The van der Waals surface area contributed by atoms with E-state index in [0.29, 0.717) is 12.1 Å². The lowest BCUT2D eigenvalue weighted by Gasteiger charge is -2.09. The van der Waals surface area contributed by atoms with Crippen molar-refractivity contribution in [3.63, 3.8) is 0 Å². The van der Waals surface area contributed by atoms with Crippen LogP contribution in [0.5, 0.6) is 0 Å². The Kier molecular flexibility index (Phi) is 3.47. The van der Waals surface area contributed by atoms with E-state index in [-0.39, 0.29) is 5.56 Å². The molecule has 1 nitrogen and oxygen atoms in total. The highest BCUT2D eigenvalue weighted by Gasteiger charge is 2.31. The van der Waals surface area contributed by atoms with E-state index in [1.54, 1.807) is 0 Å². The molecule has 0 unspecified atom stereocenters. The number of benzene rings is 1. The molecule has 1 aromatic rings. The molecule has 0 aliphatic rings. The van der Waals surface area contributed by atoms with Crippen LogP contribution in [-0.2, 0) is 17.5 Å². The van der Waals surface area contributed by atoms with Gasteiger partial charge in [0.1, 0.15) is 0 Å². The highest BCUT2D eigenvalue weighted by molar-refractivity contribution is 5.24. The molecule has 0 aliphatic carbocycles. The summed E-state index contributed by atoms with van der Waals surface area (Å²) in [6.45, 7) is -0.804. The third kappa shape index (κ3) is 4.09. The van der Waals surface area contributed by atoms with E-state index >= 15 is 0 Å². The molecule has 0 fully saturated rings. The van der Waals surface area contributed by atoms with Crippen molar-refractivity contribution >= 4 is 0 Å². The average Bonchev–Trinajstić information content (AvgIpc) is 2.13. The number of rotatable bonds is 2. The molecule has 0 bridgehead atoms. The molecule has 0 spiro atoms. The second-order valence-corrected chi connectivity index (χ2v) is 2.93. The van der Waals surface area contributed by atoms with E-state index in [0.717, 1.165) is 12.1 Å². The predicted octanol–water partition coefficient (Wildman–Crippen LogP) is 3.74.